The minimum Gasteiger partial charge on any atom is -0.457 e. The molecule has 0 unspecified atom stereocenters. The lowest BCUT2D eigenvalue weighted by Crippen LogP contribution is -2.27. The first kappa shape index (κ1) is 19.8. The van der Waals surface area contributed by atoms with E-state index in [1.807, 2.05) is 0 Å². The molecule has 3 aromatic rings. The van der Waals surface area contributed by atoms with E-state index in [1.165, 1.54) is 30.3 Å². The maximum Gasteiger partial charge on any atom is 0.293 e. The Balaban J connectivity index is 1.54. The lowest BCUT2D eigenvalue weighted by molar-refractivity contribution is -0.123. The predicted octanol–water partition coefficient (Wildman–Crippen LogP) is 6.63. The van der Waals surface area contributed by atoms with Crippen LogP contribution in [0, 0.1) is 5.82 Å². The van der Waals surface area contributed by atoms with Crippen molar-refractivity contribution in [3.63, 3.8) is 0 Å². The maximum atomic E-state index is 13.0. The molecule has 1 aliphatic rings. The lowest BCUT2D eigenvalue weighted by atomic mass is 10.2. The molecule has 4 nitrogen and oxygen atoms in total. The van der Waals surface area contributed by atoms with Crippen LogP contribution in [-0.2, 0) is 11.3 Å². The van der Waals surface area contributed by atoms with Crippen molar-refractivity contribution in [2.45, 2.75) is 6.54 Å². The smallest absolute Gasteiger partial charge is 0.293 e. The molecule has 1 aliphatic heterocycles. The Bertz CT molecular complexity index is 1120. The first-order valence-electron chi connectivity index (χ1n) is 8.45. The first-order valence-corrected chi connectivity index (χ1v) is 10.0. The molecular formula is C21H12Cl2FNO3S. The van der Waals surface area contributed by atoms with Crippen molar-refractivity contribution in [3.8, 4) is 11.3 Å². The van der Waals surface area contributed by atoms with Crippen LogP contribution in [0.2, 0.25) is 10.0 Å². The zero-order valence-electron chi connectivity index (χ0n) is 14.7. The fourth-order valence-corrected chi connectivity index (χ4v) is 4.16. The first-order chi connectivity index (χ1) is 13.9. The molecule has 4 rings (SSSR count). The van der Waals surface area contributed by atoms with Crippen LogP contribution in [0.25, 0.3) is 17.4 Å². The third kappa shape index (κ3) is 4.40. The van der Waals surface area contributed by atoms with Gasteiger partial charge in [-0.3, -0.25) is 14.5 Å². The van der Waals surface area contributed by atoms with Crippen LogP contribution in [0.3, 0.4) is 0 Å². The minimum atomic E-state index is -0.423. The van der Waals surface area contributed by atoms with E-state index in [4.69, 9.17) is 27.6 Å². The van der Waals surface area contributed by atoms with Gasteiger partial charge < -0.3 is 4.42 Å². The Hall–Kier alpha value is -2.54. The van der Waals surface area contributed by atoms with Crippen molar-refractivity contribution in [2.24, 2.45) is 0 Å². The van der Waals surface area contributed by atoms with Crippen LogP contribution in [0.5, 0.6) is 0 Å². The molecule has 8 heteroatoms. The number of benzene rings is 2. The normalized spacial score (nSPS) is 15.6. The number of carbonyl (C=O) groups excluding carboxylic acids is 2. The highest BCUT2D eigenvalue weighted by Gasteiger charge is 2.35. The van der Waals surface area contributed by atoms with Gasteiger partial charge >= 0.3 is 0 Å². The summed E-state index contributed by atoms with van der Waals surface area (Å²) in [5.74, 6) is 0.153. The van der Waals surface area contributed by atoms with Crippen LogP contribution < -0.4 is 0 Å². The summed E-state index contributed by atoms with van der Waals surface area (Å²) >= 11 is 12.9. The predicted molar refractivity (Wildman–Crippen MR) is 112 cm³/mol. The fourth-order valence-electron chi connectivity index (χ4n) is 2.82. The molecule has 0 spiro atoms. The van der Waals surface area contributed by atoms with Gasteiger partial charge in [-0.05, 0) is 59.8 Å². The van der Waals surface area contributed by atoms with Gasteiger partial charge in [-0.25, -0.2) is 4.39 Å². The highest BCUT2D eigenvalue weighted by atomic mass is 35.5. The quantitative estimate of drug-likeness (QED) is 0.421. The Morgan fingerprint density at radius 1 is 1.00 bits per heavy atom. The summed E-state index contributed by atoms with van der Waals surface area (Å²) in [6, 6.07) is 14.1. The molecule has 0 bridgehead atoms. The van der Waals surface area contributed by atoms with E-state index in [9.17, 15) is 14.0 Å². The standard InChI is InChI=1S/C21H12Cl2FNO3S/c22-14-7-13(8-15(23)9-14)18-6-5-17(28-18)10-19-20(26)25(21(27)29-19)11-12-1-3-16(24)4-2-12/h1-10H,11H2/b19-10-. The molecule has 146 valence electrons. The van der Waals surface area contributed by atoms with E-state index in [0.717, 1.165) is 16.7 Å². The summed E-state index contributed by atoms with van der Waals surface area (Å²) in [5, 5.41) is 0.568. The van der Waals surface area contributed by atoms with Gasteiger partial charge in [-0.2, -0.15) is 0 Å². The van der Waals surface area contributed by atoms with Gasteiger partial charge in [-0.15, -0.1) is 0 Å². The largest absolute Gasteiger partial charge is 0.457 e. The number of imide groups is 1. The zero-order valence-corrected chi connectivity index (χ0v) is 17.0. The second-order valence-electron chi connectivity index (χ2n) is 6.25. The van der Waals surface area contributed by atoms with Crippen molar-refractivity contribution >= 4 is 52.2 Å². The van der Waals surface area contributed by atoms with E-state index in [1.54, 1.807) is 30.3 Å². The Morgan fingerprint density at radius 3 is 2.38 bits per heavy atom. The number of rotatable bonds is 4. The minimum absolute atomic E-state index is 0.0761. The van der Waals surface area contributed by atoms with Gasteiger partial charge in [0.15, 0.2) is 0 Å². The topological polar surface area (TPSA) is 50.5 Å². The van der Waals surface area contributed by atoms with Crippen LogP contribution in [0.1, 0.15) is 11.3 Å². The molecule has 1 aromatic heterocycles. The van der Waals surface area contributed by atoms with Crippen LogP contribution in [0.15, 0.2) is 63.9 Å². The second-order valence-corrected chi connectivity index (χ2v) is 8.12. The number of hydrogen-bond acceptors (Lipinski definition) is 4. The Labute approximate surface area is 179 Å². The highest BCUT2D eigenvalue weighted by molar-refractivity contribution is 8.18. The third-order valence-corrected chi connectivity index (χ3v) is 5.52. The molecule has 2 amide bonds. The SMILES string of the molecule is O=C1S/C(=C\c2ccc(-c3cc(Cl)cc(Cl)c3)o2)C(=O)N1Cc1ccc(F)cc1. The third-order valence-electron chi connectivity index (χ3n) is 4.17. The molecule has 0 aliphatic carbocycles. The molecular weight excluding hydrogens is 436 g/mol. The molecule has 0 atom stereocenters. The number of hydrogen-bond donors (Lipinski definition) is 0. The molecule has 2 heterocycles. The van der Waals surface area contributed by atoms with Crippen LogP contribution in [0.4, 0.5) is 9.18 Å². The average Bonchev–Trinajstić information content (AvgIpc) is 3.23. The van der Waals surface area contributed by atoms with E-state index < -0.39 is 5.91 Å². The number of amides is 2. The fraction of sp³-hybridized carbons (Fsp3) is 0.0476. The number of carbonyl (C=O) groups is 2. The summed E-state index contributed by atoms with van der Waals surface area (Å²) in [6.07, 6.45) is 1.52. The van der Waals surface area contributed by atoms with Crippen molar-refractivity contribution in [1.82, 2.24) is 4.90 Å². The van der Waals surface area contributed by atoms with E-state index in [0.29, 0.717) is 32.7 Å². The Kier molecular flexibility index (Phi) is 5.50. The van der Waals surface area contributed by atoms with E-state index in [2.05, 4.69) is 0 Å². The van der Waals surface area contributed by atoms with Crippen molar-refractivity contribution < 1.29 is 18.4 Å². The number of furan rings is 1. The second kappa shape index (κ2) is 8.06. The molecule has 0 saturated carbocycles. The van der Waals surface area contributed by atoms with E-state index >= 15 is 0 Å². The lowest BCUT2D eigenvalue weighted by Gasteiger charge is -2.12. The number of nitrogens with zero attached hydrogens (tertiary/aromatic N) is 1. The zero-order chi connectivity index (χ0) is 20.5. The van der Waals surface area contributed by atoms with Gasteiger partial charge in [0.1, 0.15) is 17.3 Å². The molecule has 1 fully saturated rings. The van der Waals surface area contributed by atoms with Crippen LogP contribution in [-0.4, -0.2) is 16.0 Å². The van der Waals surface area contributed by atoms with Gasteiger partial charge in [-0.1, -0.05) is 35.3 Å². The van der Waals surface area contributed by atoms with Gasteiger partial charge in [0.05, 0.1) is 11.4 Å². The number of thioether (sulfide) groups is 1. The van der Waals surface area contributed by atoms with Gasteiger partial charge in [0.2, 0.25) is 0 Å². The Morgan fingerprint density at radius 2 is 1.69 bits per heavy atom. The van der Waals surface area contributed by atoms with Crippen LogP contribution >= 0.6 is 35.0 Å². The summed E-state index contributed by atoms with van der Waals surface area (Å²) < 4.78 is 18.8. The van der Waals surface area contributed by atoms with Crippen molar-refractivity contribution in [3.05, 3.63) is 86.7 Å². The molecule has 0 N–H and O–H groups in total. The molecule has 29 heavy (non-hydrogen) atoms. The molecule has 2 aromatic carbocycles. The van der Waals surface area contributed by atoms with Gasteiger partial charge in [0.25, 0.3) is 11.1 Å². The molecule has 0 radical (unpaired) electrons. The van der Waals surface area contributed by atoms with Crippen molar-refractivity contribution in [2.75, 3.05) is 0 Å². The van der Waals surface area contributed by atoms with Crippen molar-refractivity contribution in [1.29, 1.82) is 0 Å². The number of halogens is 3. The van der Waals surface area contributed by atoms with E-state index in [-0.39, 0.29) is 22.5 Å². The molecule has 1 saturated heterocycles. The monoisotopic (exact) mass is 447 g/mol. The summed E-state index contributed by atoms with van der Waals surface area (Å²) in [7, 11) is 0. The highest BCUT2D eigenvalue weighted by Crippen LogP contribution is 2.35. The summed E-state index contributed by atoms with van der Waals surface area (Å²) in [5.41, 5.74) is 1.36. The maximum absolute atomic E-state index is 13.0. The average molecular weight is 448 g/mol. The summed E-state index contributed by atoms with van der Waals surface area (Å²) in [4.78, 5) is 26.2. The summed E-state index contributed by atoms with van der Waals surface area (Å²) in [6.45, 7) is 0.0761. The van der Waals surface area contributed by atoms with Gasteiger partial charge in [0, 0.05) is 21.7 Å².